The number of amides is 3. The number of urea groups is 1. The van der Waals surface area contributed by atoms with E-state index in [4.69, 9.17) is 4.74 Å². The van der Waals surface area contributed by atoms with Crippen molar-refractivity contribution in [1.82, 2.24) is 4.90 Å². The molecule has 2 aromatic carbocycles. The van der Waals surface area contributed by atoms with Crippen LogP contribution < -0.4 is 10.2 Å². The Morgan fingerprint density at radius 2 is 1.80 bits per heavy atom. The Balaban J connectivity index is 1.77. The van der Waals surface area contributed by atoms with E-state index in [1.54, 1.807) is 12.1 Å². The number of nitrogens with zero attached hydrogens (tertiary/aromatic N) is 2. The van der Waals surface area contributed by atoms with Crippen molar-refractivity contribution in [3.8, 4) is 0 Å². The SMILES string of the molecule is CC(C)c1cccc(N2C(=O)N(C)C(=O)C2COCc2cccc(P(=O)(O)O)c2)c1. The summed E-state index contributed by atoms with van der Waals surface area (Å²) in [5.41, 5.74) is 2.24. The highest BCUT2D eigenvalue weighted by atomic mass is 31.2. The molecular formula is C21H25N2O6P. The van der Waals surface area contributed by atoms with Gasteiger partial charge in [0.15, 0.2) is 0 Å². The van der Waals surface area contributed by atoms with E-state index in [-0.39, 0.29) is 30.3 Å². The van der Waals surface area contributed by atoms with Crippen LogP contribution in [-0.2, 0) is 20.7 Å². The van der Waals surface area contributed by atoms with Crippen molar-refractivity contribution < 1.29 is 28.7 Å². The lowest BCUT2D eigenvalue weighted by molar-refractivity contribution is -0.127. The summed E-state index contributed by atoms with van der Waals surface area (Å²) in [4.78, 5) is 46.4. The zero-order valence-electron chi connectivity index (χ0n) is 17.1. The van der Waals surface area contributed by atoms with E-state index in [1.807, 2.05) is 18.2 Å². The molecule has 0 aliphatic carbocycles. The van der Waals surface area contributed by atoms with E-state index in [0.29, 0.717) is 11.3 Å². The first-order valence-electron chi connectivity index (χ1n) is 9.53. The highest BCUT2D eigenvalue weighted by molar-refractivity contribution is 7.60. The zero-order chi connectivity index (χ0) is 22.1. The zero-order valence-corrected chi connectivity index (χ0v) is 18.0. The summed E-state index contributed by atoms with van der Waals surface area (Å²) in [6.07, 6.45) is 0. The van der Waals surface area contributed by atoms with Gasteiger partial charge in [0.1, 0.15) is 6.04 Å². The lowest BCUT2D eigenvalue weighted by Gasteiger charge is -2.23. The van der Waals surface area contributed by atoms with E-state index >= 15 is 0 Å². The molecule has 8 nitrogen and oxygen atoms in total. The van der Waals surface area contributed by atoms with Crippen LogP contribution >= 0.6 is 7.60 Å². The molecule has 0 bridgehead atoms. The summed E-state index contributed by atoms with van der Waals surface area (Å²) in [7, 11) is -2.92. The van der Waals surface area contributed by atoms with Crippen LogP contribution in [0.15, 0.2) is 48.5 Å². The third-order valence-corrected chi connectivity index (χ3v) is 5.98. The van der Waals surface area contributed by atoms with Crippen LogP contribution in [0, 0.1) is 0 Å². The second-order valence-electron chi connectivity index (χ2n) is 7.54. The minimum Gasteiger partial charge on any atom is -0.374 e. The van der Waals surface area contributed by atoms with Crippen molar-refractivity contribution in [3.05, 3.63) is 59.7 Å². The average molecular weight is 432 g/mol. The van der Waals surface area contributed by atoms with Crippen molar-refractivity contribution in [2.45, 2.75) is 32.4 Å². The molecule has 30 heavy (non-hydrogen) atoms. The molecule has 0 radical (unpaired) electrons. The fourth-order valence-corrected chi connectivity index (χ4v) is 3.92. The van der Waals surface area contributed by atoms with E-state index in [1.165, 1.54) is 30.1 Å². The topological polar surface area (TPSA) is 107 Å². The molecule has 1 aliphatic rings. The molecule has 0 spiro atoms. The monoisotopic (exact) mass is 432 g/mol. The number of benzene rings is 2. The summed E-state index contributed by atoms with van der Waals surface area (Å²) in [5, 5.41) is -0.0948. The first-order valence-corrected chi connectivity index (χ1v) is 11.1. The van der Waals surface area contributed by atoms with Gasteiger partial charge in [-0.3, -0.25) is 19.2 Å². The third kappa shape index (κ3) is 4.63. The van der Waals surface area contributed by atoms with Gasteiger partial charge in [-0.2, -0.15) is 0 Å². The Bertz CT molecular complexity index is 1000. The molecule has 160 valence electrons. The van der Waals surface area contributed by atoms with Crippen LogP contribution in [0.3, 0.4) is 0 Å². The number of hydrogen-bond donors (Lipinski definition) is 2. The second-order valence-corrected chi connectivity index (χ2v) is 9.15. The van der Waals surface area contributed by atoms with Crippen molar-refractivity contribution in [2.75, 3.05) is 18.6 Å². The largest absolute Gasteiger partial charge is 0.374 e. The molecule has 3 rings (SSSR count). The molecular weight excluding hydrogens is 407 g/mol. The first-order chi connectivity index (χ1) is 14.1. The maximum absolute atomic E-state index is 12.7. The average Bonchev–Trinajstić information content (AvgIpc) is 2.91. The lowest BCUT2D eigenvalue weighted by atomic mass is 10.0. The summed E-state index contributed by atoms with van der Waals surface area (Å²) in [5.74, 6) is -0.0917. The van der Waals surface area contributed by atoms with Gasteiger partial charge in [0.05, 0.1) is 18.5 Å². The molecule has 1 unspecified atom stereocenters. The van der Waals surface area contributed by atoms with Gasteiger partial charge in [0, 0.05) is 12.7 Å². The van der Waals surface area contributed by atoms with Gasteiger partial charge in [-0.25, -0.2) is 4.79 Å². The number of likely N-dealkylation sites (N-methyl/N-ethyl adjacent to an activating group) is 1. The molecule has 2 N–H and O–H groups in total. The van der Waals surface area contributed by atoms with Crippen LogP contribution in [0.2, 0.25) is 0 Å². The number of anilines is 1. The Kier molecular flexibility index (Phi) is 6.43. The van der Waals surface area contributed by atoms with Crippen molar-refractivity contribution in [3.63, 3.8) is 0 Å². The summed E-state index contributed by atoms with van der Waals surface area (Å²) >= 11 is 0. The maximum Gasteiger partial charge on any atom is 0.356 e. The Morgan fingerprint density at radius 3 is 2.47 bits per heavy atom. The molecule has 3 amide bonds. The van der Waals surface area contributed by atoms with Gasteiger partial charge in [-0.1, -0.05) is 38.1 Å². The molecule has 1 aliphatic heterocycles. The molecule has 1 saturated heterocycles. The predicted octanol–water partition coefficient (Wildman–Crippen LogP) is 2.60. The number of imide groups is 1. The third-order valence-electron chi connectivity index (χ3n) is 5.03. The Labute approximate surface area is 175 Å². The molecule has 9 heteroatoms. The Morgan fingerprint density at radius 1 is 1.10 bits per heavy atom. The molecule has 1 atom stereocenters. The first kappa shape index (κ1) is 22.2. The Hall–Kier alpha value is -2.51. The van der Waals surface area contributed by atoms with E-state index < -0.39 is 19.7 Å². The number of carbonyl (C=O) groups is 2. The van der Waals surface area contributed by atoms with Crippen LogP contribution in [0.1, 0.15) is 30.9 Å². The quantitative estimate of drug-likeness (QED) is 0.515. The van der Waals surface area contributed by atoms with Gasteiger partial charge in [0.2, 0.25) is 0 Å². The van der Waals surface area contributed by atoms with E-state index in [0.717, 1.165) is 10.5 Å². The number of hydrogen-bond acceptors (Lipinski definition) is 4. The highest BCUT2D eigenvalue weighted by Gasteiger charge is 2.44. The van der Waals surface area contributed by atoms with E-state index in [2.05, 4.69) is 13.8 Å². The predicted molar refractivity (Wildman–Crippen MR) is 113 cm³/mol. The molecule has 0 aromatic heterocycles. The molecule has 0 saturated carbocycles. The van der Waals surface area contributed by atoms with Crippen molar-refractivity contribution in [2.24, 2.45) is 0 Å². The fraction of sp³-hybridized carbons (Fsp3) is 0.333. The van der Waals surface area contributed by atoms with Crippen LogP contribution in [-0.4, -0.2) is 46.3 Å². The van der Waals surface area contributed by atoms with Gasteiger partial charge >= 0.3 is 13.6 Å². The summed E-state index contributed by atoms with van der Waals surface area (Å²) in [6, 6.07) is 12.2. The van der Waals surface area contributed by atoms with Gasteiger partial charge < -0.3 is 14.5 Å². The van der Waals surface area contributed by atoms with E-state index in [9.17, 15) is 23.9 Å². The van der Waals surface area contributed by atoms with Gasteiger partial charge in [-0.05, 0) is 41.3 Å². The molecule has 2 aromatic rings. The number of carbonyl (C=O) groups excluding carboxylic acids is 2. The van der Waals surface area contributed by atoms with Crippen LogP contribution in [0.5, 0.6) is 0 Å². The van der Waals surface area contributed by atoms with Crippen molar-refractivity contribution in [1.29, 1.82) is 0 Å². The number of rotatable bonds is 7. The summed E-state index contributed by atoms with van der Waals surface area (Å²) < 4.78 is 17.1. The van der Waals surface area contributed by atoms with Crippen LogP contribution in [0.25, 0.3) is 0 Å². The minimum atomic E-state index is -4.36. The highest BCUT2D eigenvalue weighted by Crippen LogP contribution is 2.33. The van der Waals surface area contributed by atoms with Crippen LogP contribution in [0.4, 0.5) is 10.5 Å². The normalized spacial score (nSPS) is 17.3. The maximum atomic E-state index is 12.7. The van der Waals surface area contributed by atoms with Gasteiger partial charge in [-0.15, -0.1) is 0 Å². The standard InChI is InChI=1S/C21H25N2O6P/c1-14(2)16-7-5-8-17(11-16)23-19(20(24)22(3)21(23)25)13-29-12-15-6-4-9-18(10-15)30(26,27)28/h4-11,14,19H,12-13H2,1-3H3,(H2,26,27,28). The summed E-state index contributed by atoms with van der Waals surface area (Å²) in [6.45, 7) is 4.11. The molecule has 1 heterocycles. The fourth-order valence-electron chi connectivity index (χ4n) is 3.31. The minimum absolute atomic E-state index is 0.0407. The second kappa shape index (κ2) is 8.70. The molecule has 1 fully saturated rings. The smallest absolute Gasteiger partial charge is 0.356 e. The lowest BCUT2D eigenvalue weighted by Crippen LogP contribution is -2.38. The van der Waals surface area contributed by atoms with Crippen molar-refractivity contribution >= 4 is 30.5 Å². The van der Waals surface area contributed by atoms with Gasteiger partial charge in [0.25, 0.3) is 5.91 Å². The number of ether oxygens (including phenoxy) is 1.